The molecule has 2 aromatic heterocycles. The summed E-state index contributed by atoms with van der Waals surface area (Å²) >= 11 is 1.60. The van der Waals surface area contributed by atoms with Crippen LogP contribution in [0.2, 0.25) is 0 Å². The van der Waals surface area contributed by atoms with Crippen LogP contribution in [-0.2, 0) is 9.53 Å². The van der Waals surface area contributed by atoms with Gasteiger partial charge in [0.05, 0.1) is 24.9 Å². The second-order valence-corrected chi connectivity index (χ2v) is 12.3. The Hall–Kier alpha value is -2.69. The number of likely N-dealkylation sites (tertiary alicyclic amines) is 2. The summed E-state index contributed by atoms with van der Waals surface area (Å²) in [6.45, 7) is 6.58. The number of aromatic amines is 1. The number of rotatable bonds is 7. The lowest BCUT2D eigenvalue weighted by molar-refractivity contribution is -0.140. The number of carbonyl (C=O) groups excluding carboxylic acids is 1. The quantitative estimate of drug-likeness (QED) is 0.380. The fourth-order valence-electron chi connectivity index (χ4n) is 6.42. The standard InChI is InChI=1S/C31H40N4O4S/c36-29(31(38)8-12-35(13-9-31)30(37)4-1-23-7-18-40-22-23)21-33-10-5-24(6-11-33)27-20-32-28-3-2-25(19-26(27)28)34-14-16-39-17-15-34/h1-4,7,18-20,22,24,29,32,36,38H,5-6,8-17,21H2. The highest BCUT2D eigenvalue weighted by Gasteiger charge is 2.40. The summed E-state index contributed by atoms with van der Waals surface area (Å²) in [5.41, 5.74) is 3.69. The molecule has 214 valence electrons. The summed E-state index contributed by atoms with van der Waals surface area (Å²) in [4.78, 5) is 22.5. The average molecular weight is 565 g/mol. The number of β-amino-alcohol motifs (C(OH)–C–C–N with tert-alkyl or cyclic N) is 1. The molecule has 0 aliphatic carbocycles. The van der Waals surface area contributed by atoms with Gasteiger partial charge in [-0.1, -0.05) is 0 Å². The highest BCUT2D eigenvalue weighted by Crippen LogP contribution is 2.36. The summed E-state index contributed by atoms with van der Waals surface area (Å²) < 4.78 is 5.53. The van der Waals surface area contributed by atoms with Crippen molar-refractivity contribution in [2.75, 3.05) is 63.9 Å². The minimum atomic E-state index is -1.16. The van der Waals surface area contributed by atoms with Gasteiger partial charge in [0.2, 0.25) is 5.91 Å². The van der Waals surface area contributed by atoms with Gasteiger partial charge in [-0.25, -0.2) is 0 Å². The number of aliphatic hydroxyl groups is 2. The number of piperidine rings is 2. The Labute approximate surface area is 239 Å². The number of hydrogen-bond donors (Lipinski definition) is 3. The molecule has 3 aliphatic heterocycles. The third-order valence-corrected chi connectivity index (χ3v) is 9.76. The molecule has 8 nitrogen and oxygen atoms in total. The topological polar surface area (TPSA) is 92.3 Å². The number of thiophene rings is 1. The van der Waals surface area contributed by atoms with E-state index in [4.69, 9.17) is 4.74 Å². The first-order chi connectivity index (χ1) is 19.5. The number of carbonyl (C=O) groups is 1. The zero-order valence-electron chi connectivity index (χ0n) is 23.0. The van der Waals surface area contributed by atoms with Crippen molar-refractivity contribution in [3.05, 3.63) is 58.4 Å². The third-order valence-electron chi connectivity index (χ3n) is 9.05. The van der Waals surface area contributed by atoms with E-state index in [1.165, 1.54) is 22.2 Å². The first-order valence-corrected chi connectivity index (χ1v) is 15.5. The number of morpholine rings is 1. The molecular formula is C31H40N4O4S. The number of amides is 1. The van der Waals surface area contributed by atoms with Gasteiger partial charge in [0.1, 0.15) is 0 Å². The first kappa shape index (κ1) is 27.5. The van der Waals surface area contributed by atoms with Crippen molar-refractivity contribution < 1.29 is 19.7 Å². The van der Waals surface area contributed by atoms with E-state index in [0.29, 0.717) is 38.4 Å². The molecule has 3 saturated heterocycles. The normalized spacial score (nSPS) is 21.9. The number of ether oxygens (including phenoxy) is 1. The average Bonchev–Trinajstić information content (AvgIpc) is 3.67. The van der Waals surface area contributed by atoms with Gasteiger partial charge < -0.3 is 34.6 Å². The zero-order valence-corrected chi connectivity index (χ0v) is 23.8. The summed E-state index contributed by atoms with van der Waals surface area (Å²) in [6, 6.07) is 8.69. The van der Waals surface area contributed by atoms with Crippen LogP contribution >= 0.6 is 11.3 Å². The lowest BCUT2D eigenvalue weighted by atomic mass is 9.84. The monoisotopic (exact) mass is 564 g/mol. The Morgan fingerprint density at radius 1 is 1.12 bits per heavy atom. The fraction of sp³-hybridized carbons (Fsp3) is 0.516. The van der Waals surface area contributed by atoms with Crippen molar-refractivity contribution in [1.82, 2.24) is 14.8 Å². The Morgan fingerprint density at radius 2 is 1.90 bits per heavy atom. The molecule has 6 rings (SSSR count). The summed E-state index contributed by atoms with van der Waals surface area (Å²) in [5.74, 6) is 0.431. The number of hydrogen-bond acceptors (Lipinski definition) is 7. The number of aliphatic hydroxyl groups excluding tert-OH is 1. The number of fused-ring (bicyclic) bond motifs is 1. The zero-order chi connectivity index (χ0) is 27.5. The van der Waals surface area contributed by atoms with Crippen LogP contribution in [-0.4, -0.2) is 102 Å². The largest absolute Gasteiger partial charge is 0.389 e. The van der Waals surface area contributed by atoms with Crippen molar-refractivity contribution in [3.8, 4) is 0 Å². The van der Waals surface area contributed by atoms with E-state index in [1.807, 2.05) is 22.9 Å². The van der Waals surface area contributed by atoms with Crippen LogP contribution in [0.1, 0.15) is 42.7 Å². The molecule has 3 N–H and O–H groups in total. The highest BCUT2D eigenvalue weighted by atomic mass is 32.1. The van der Waals surface area contributed by atoms with E-state index >= 15 is 0 Å². The molecule has 1 aromatic carbocycles. The first-order valence-electron chi connectivity index (χ1n) is 14.5. The molecule has 0 saturated carbocycles. The number of nitrogens with one attached hydrogen (secondary N) is 1. The van der Waals surface area contributed by atoms with Crippen molar-refractivity contribution in [2.24, 2.45) is 0 Å². The maximum absolute atomic E-state index is 12.6. The lowest BCUT2D eigenvalue weighted by Crippen LogP contribution is -2.56. The van der Waals surface area contributed by atoms with Crippen LogP contribution in [0, 0.1) is 0 Å². The van der Waals surface area contributed by atoms with Gasteiger partial charge in [-0.2, -0.15) is 11.3 Å². The number of H-pyrrole nitrogens is 1. The predicted molar refractivity (Wildman–Crippen MR) is 160 cm³/mol. The second kappa shape index (κ2) is 12.0. The lowest BCUT2D eigenvalue weighted by Gasteiger charge is -2.43. The molecule has 0 spiro atoms. The minimum Gasteiger partial charge on any atom is -0.389 e. The van der Waals surface area contributed by atoms with Gasteiger partial charge >= 0.3 is 0 Å². The molecule has 0 radical (unpaired) electrons. The van der Waals surface area contributed by atoms with E-state index in [0.717, 1.165) is 57.8 Å². The van der Waals surface area contributed by atoms with Crippen LogP contribution in [0.25, 0.3) is 17.0 Å². The SMILES string of the molecule is O=C(C=Cc1ccsc1)N1CCC(O)(C(O)CN2CCC(c3c[nH]c4ccc(N5CCOCC5)cc34)CC2)CC1. The summed E-state index contributed by atoms with van der Waals surface area (Å²) in [6.07, 6.45) is 7.62. The van der Waals surface area contributed by atoms with Gasteiger partial charge in [0.15, 0.2) is 0 Å². The van der Waals surface area contributed by atoms with E-state index in [9.17, 15) is 15.0 Å². The van der Waals surface area contributed by atoms with Crippen LogP contribution < -0.4 is 4.90 Å². The molecular weight excluding hydrogens is 524 g/mol. The van der Waals surface area contributed by atoms with Crippen molar-refractivity contribution in [2.45, 2.75) is 43.3 Å². The van der Waals surface area contributed by atoms with Crippen LogP contribution in [0.4, 0.5) is 5.69 Å². The Balaban J connectivity index is 1.01. The van der Waals surface area contributed by atoms with Gasteiger partial charge in [0.25, 0.3) is 0 Å². The smallest absolute Gasteiger partial charge is 0.246 e. The molecule has 3 aliphatic rings. The minimum absolute atomic E-state index is 0.0424. The molecule has 1 unspecified atom stereocenters. The molecule has 5 heterocycles. The maximum Gasteiger partial charge on any atom is 0.246 e. The third kappa shape index (κ3) is 5.99. The van der Waals surface area contributed by atoms with E-state index in [1.54, 1.807) is 22.3 Å². The van der Waals surface area contributed by atoms with Crippen LogP contribution in [0.15, 0.2) is 47.3 Å². The van der Waals surface area contributed by atoms with Crippen molar-refractivity contribution >= 4 is 39.9 Å². The van der Waals surface area contributed by atoms with E-state index in [-0.39, 0.29) is 5.91 Å². The second-order valence-electron chi connectivity index (χ2n) is 11.5. The molecule has 3 fully saturated rings. The number of aromatic nitrogens is 1. The molecule has 1 atom stereocenters. The van der Waals surface area contributed by atoms with E-state index in [2.05, 4.69) is 39.2 Å². The molecule has 3 aromatic rings. The van der Waals surface area contributed by atoms with Crippen LogP contribution in [0.5, 0.6) is 0 Å². The fourth-order valence-corrected chi connectivity index (χ4v) is 7.05. The predicted octanol–water partition coefficient (Wildman–Crippen LogP) is 3.67. The summed E-state index contributed by atoms with van der Waals surface area (Å²) in [7, 11) is 0. The van der Waals surface area contributed by atoms with Crippen LogP contribution in [0.3, 0.4) is 0 Å². The Bertz CT molecular complexity index is 1300. The number of nitrogens with zero attached hydrogens (tertiary/aromatic N) is 3. The molecule has 9 heteroatoms. The van der Waals surface area contributed by atoms with Gasteiger partial charge in [0, 0.05) is 61.6 Å². The van der Waals surface area contributed by atoms with Gasteiger partial charge in [-0.05, 0) is 96.9 Å². The van der Waals surface area contributed by atoms with E-state index < -0.39 is 11.7 Å². The van der Waals surface area contributed by atoms with Gasteiger partial charge in [-0.15, -0.1) is 0 Å². The Kier molecular flexibility index (Phi) is 8.27. The highest BCUT2D eigenvalue weighted by molar-refractivity contribution is 7.08. The van der Waals surface area contributed by atoms with Crippen molar-refractivity contribution in [3.63, 3.8) is 0 Å². The Morgan fingerprint density at radius 3 is 2.62 bits per heavy atom. The maximum atomic E-state index is 12.6. The van der Waals surface area contributed by atoms with Crippen molar-refractivity contribution in [1.29, 1.82) is 0 Å². The number of anilines is 1. The molecule has 0 bridgehead atoms. The van der Waals surface area contributed by atoms with Gasteiger partial charge in [-0.3, -0.25) is 4.79 Å². The number of benzene rings is 1. The summed E-state index contributed by atoms with van der Waals surface area (Å²) in [5, 5.41) is 27.6. The molecule has 1 amide bonds. The molecule has 40 heavy (non-hydrogen) atoms.